The molecule has 0 aliphatic carbocycles. The Hall–Kier alpha value is -1.71. The summed E-state index contributed by atoms with van der Waals surface area (Å²) < 4.78 is 16.4. The summed E-state index contributed by atoms with van der Waals surface area (Å²) in [5.41, 5.74) is 0.868. The van der Waals surface area contributed by atoms with Crippen molar-refractivity contribution in [3.05, 3.63) is 23.8 Å². The topological polar surface area (TPSA) is 44.8 Å². The van der Waals surface area contributed by atoms with E-state index in [-0.39, 0.29) is 12.4 Å². The molecular weight excluding hydrogens is 232 g/mol. The van der Waals surface area contributed by atoms with Crippen LogP contribution in [0.3, 0.4) is 0 Å². The Morgan fingerprint density at radius 1 is 1.22 bits per heavy atom. The fourth-order valence-electron chi connectivity index (χ4n) is 2.03. The van der Waals surface area contributed by atoms with E-state index in [2.05, 4.69) is 4.74 Å². The molecular formula is C14H18O4. The maximum Gasteiger partial charge on any atom is 0.309 e. The van der Waals surface area contributed by atoms with Gasteiger partial charge in [0.2, 0.25) is 0 Å². The lowest BCUT2D eigenvalue weighted by Gasteiger charge is -2.24. The molecule has 18 heavy (non-hydrogen) atoms. The van der Waals surface area contributed by atoms with Crippen molar-refractivity contribution in [2.45, 2.75) is 38.9 Å². The minimum Gasteiger partial charge on any atom is -0.469 e. The van der Waals surface area contributed by atoms with E-state index in [1.165, 1.54) is 7.11 Å². The van der Waals surface area contributed by atoms with Crippen LogP contribution >= 0.6 is 0 Å². The van der Waals surface area contributed by atoms with Crippen LogP contribution < -0.4 is 9.47 Å². The minimum atomic E-state index is -0.549. The van der Waals surface area contributed by atoms with Gasteiger partial charge < -0.3 is 14.2 Å². The molecule has 0 atom stereocenters. The van der Waals surface area contributed by atoms with Gasteiger partial charge in [0.15, 0.2) is 11.5 Å². The second-order valence-electron chi connectivity index (χ2n) is 4.36. The summed E-state index contributed by atoms with van der Waals surface area (Å²) in [6.07, 6.45) is 1.81. The number of methoxy groups -OCH3 is 1. The predicted molar refractivity (Wildman–Crippen MR) is 66.7 cm³/mol. The number of carbonyl (C=O) groups excluding carboxylic acids is 1. The molecule has 0 bridgehead atoms. The van der Waals surface area contributed by atoms with E-state index < -0.39 is 5.79 Å². The zero-order valence-electron chi connectivity index (χ0n) is 11.0. The van der Waals surface area contributed by atoms with E-state index in [4.69, 9.17) is 9.47 Å². The van der Waals surface area contributed by atoms with E-state index in [1.54, 1.807) is 0 Å². The molecule has 0 fully saturated rings. The van der Waals surface area contributed by atoms with Crippen LogP contribution in [0.15, 0.2) is 18.2 Å². The summed E-state index contributed by atoms with van der Waals surface area (Å²) in [5, 5.41) is 0. The molecule has 0 unspecified atom stereocenters. The molecule has 1 aromatic rings. The Labute approximate surface area is 107 Å². The molecule has 0 aromatic heterocycles. The van der Waals surface area contributed by atoms with E-state index in [0.29, 0.717) is 5.75 Å². The van der Waals surface area contributed by atoms with Gasteiger partial charge in [-0.2, -0.15) is 0 Å². The van der Waals surface area contributed by atoms with Crippen LogP contribution in [-0.2, 0) is 16.0 Å². The summed E-state index contributed by atoms with van der Waals surface area (Å²) in [6.45, 7) is 4.06. The highest BCUT2D eigenvalue weighted by molar-refractivity contribution is 5.72. The van der Waals surface area contributed by atoms with Crippen molar-refractivity contribution in [1.29, 1.82) is 0 Å². The lowest BCUT2D eigenvalue weighted by Crippen LogP contribution is -2.36. The van der Waals surface area contributed by atoms with E-state index >= 15 is 0 Å². The Balaban J connectivity index is 2.19. The molecule has 0 saturated carbocycles. The number of hydrogen-bond acceptors (Lipinski definition) is 4. The minimum absolute atomic E-state index is 0.248. The van der Waals surface area contributed by atoms with Crippen LogP contribution in [0.25, 0.3) is 0 Å². The van der Waals surface area contributed by atoms with Crippen molar-refractivity contribution in [2.75, 3.05) is 7.11 Å². The molecule has 0 N–H and O–H groups in total. The molecule has 0 amide bonds. The van der Waals surface area contributed by atoms with Gasteiger partial charge in [0.05, 0.1) is 13.5 Å². The SMILES string of the molecule is CCC1(CC)Oc2ccc(CC(=O)OC)cc2O1. The Morgan fingerprint density at radius 2 is 1.89 bits per heavy atom. The third-order valence-electron chi connectivity index (χ3n) is 3.25. The fraction of sp³-hybridized carbons (Fsp3) is 0.500. The number of carbonyl (C=O) groups is 1. The molecule has 98 valence electrons. The largest absolute Gasteiger partial charge is 0.469 e. The molecule has 4 nitrogen and oxygen atoms in total. The normalized spacial score (nSPS) is 15.5. The smallest absolute Gasteiger partial charge is 0.309 e. The molecule has 0 spiro atoms. The average molecular weight is 250 g/mol. The number of esters is 1. The Morgan fingerprint density at radius 3 is 2.50 bits per heavy atom. The standard InChI is InChI=1S/C14H18O4/c1-4-14(5-2)17-11-7-6-10(8-12(11)18-14)9-13(15)16-3/h6-8H,4-5,9H2,1-3H3. The summed E-state index contributed by atoms with van der Waals surface area (Å²) in [5.74, 6) is 0.644. The lowest BCUT2D eigenvalue weighted by molar-refractivity contribution is -0.139. The first-order valence-electron chi connectivity index (χ1n) is 6.20. The average Bonchev–Trinajstić information content (AvgIpc) is 2.77. The zero-order valence-corrected chi connectivity index (χ0v) is 11.0. The molecule has 0 radical (unpaired) electrons. The van der Waals surface area contributed by atoms with Gasteiger partial charge in [0.1, 0.15) is 0 Å². The number of benzene rings is 1. The van der Waals surface area contributed by atoms with Gasteiger partial charge in [-0.1, -0.05) is 19.9 Å². The summed E-state index contributed by atoms with van der Waals surface area (Å²) in [6, 6.07) is 5.56. The van der Waals surface area contributed by atoms with Crippen molar-refractivity contribution in [2.24, 2.45) is 0 Å². The van der Waals surface area contributed by atoms with Gasteiger partial charge in [0, 0.05) is 12.8 Å². The van der Waals surface area contributed by atoms with Crippen molar-refractivity contribution < 1.29 is 19.0 Å². The third kappa shape index (κ3) is 2.28. The highest BCUT2D eigenvalue weighted by Crippen LogP contribution is 2.42. The third-order valence-corrected chi connectivity index (χ3v) is 3.25. The van der Waals surface area contributed by atoms with Gasteiger partial charge in [-0.15, -0.1) is 0 Å². The summed E-state index contributed by atoms with van der Waals surface area (Å²) >= 11 is 0. The van der Waals surface area contributed by atoms with Gasteiger partial charge in [-0.05, 0) is 17.7 Å². The van der Waals surface area contributed by atoms with Crippen molar-refractivity contribution in [3.63, 3.8) is 0 Å². The van der Waals surface area contributed by atoms with E-state index in [9.17, 15) is 4.79 Å². The van der Waals surface area contributed by atoms with Crippen LogP contribution in [0.1, 0.15) is 32.3 Å². The highest BCUT2D eigenvalue weighted by Gasteiger charge is 2.38. The molecule has 2 rings (SSSR count). The van der Waals surface area contributed by atoms with Crippen molar-refractivity contribution in [3.8, 4) is 11.5 Å². The lowest BCUT2D eigenvalue weighted by atomic mass is 10.1. The molecule has 1 heterocycles. The van der Waals surface area contributed by atoms with E-state index in [0.717, 1.165) is 24.2 Å². The van der Waals surface area contributed by atoms with Crippen molar-refractivity contribution >= 4 is 5.97 Å². The van der Waals surface area contributed by atoms with Gasteiger partial charge in [-0.3, -0.25) is 4.79 Å². The van der Waals surface area contributed by atoms with Crippen molar-refractivity contribution in [1.82, 2.24) is 0 Å². The van der Waals surface area contributed by atoms with Crippen LogP contribution in [0.2, 0.25) is 0 Å². The second kappa shape index (κ2) is 4.88. The van der Waals surface area contributed by atoms with Gasteiger partial charge >= 0.3 is 5.97 Å². The Bertz CT molecular complexity index is 449. The van der Waals surface area contributed by atoms with Crippen LogP contribution in [0, 0.1) is 0 Å². The number of rotatable bonds is 4. The number of ether oxygens (including phenoxy) is 3. The first kappa shape index (κ1) is 12.7. The highest BCUT2D eigenvalue weighted by atomic mass is 16.7. The van der Waals surface area contributed by atoms with Gasteiger partial charge in [0.25, 0.3) is 5.79 Å². The molecule has 1 aromatic carbocycles. The molecule has 0 saturated heterocycles. The predicted octanol–water partition coefficient (Wildman–Crippen LogP) is 2.69. The quantitative estimate of drug-likeness (QED) is 0.771. The first-order chi connectivity index (χ1) is 8.62. The Kier molecular flexibility index (Phi) is 3.45. The van der Waals surface area contributed by atoms with Gasteiger partial charge in [-0.25, -0.2) is 0 Å². The maximum absolute atomic E-state index is 11.2. The second-order valence-corrected chi connectivity index (χ2v) is 4.36. The number of hydrogen-bond donors (Lipinski definition) is 0. The maximum atomic E-state index is 11.2. The first-order valence-corrected chi connectivity index (χ1v) is 6.20. The monoisotopic (exact) mass is 250 g/mol. The zero-order chi connectivity index (χ0) is 13.2. The fourth-order valence-corrected chi connectivity index (χ4v) is 2.03. The molecule has 4 heteroatoms. The molecule has 1 aliphatic rings. The summed E-state index contributed by atoms with van der Waals surface area (Å²) in [7, 11) is 1.38. The van der Waals surface area contributed by atoms with Crippen LogP contribution in [0.5, 0.6) is 11.5 Å². The van der Waals surface area contributed by atoms with Crippen LogP contribution in [-0.4, -0.2) is 18.9 Å². The number of fused-ring (bicyclic) bond motifs is 1. The summed E-state index contributed by atoms with van der Waals surface area (Å²) in [4.78, 5) is 11.2. The van der Waals surface area contributed by atoms with Crippen LogP contribution in [0.4, 0.5) is 0 Å². The molecule has 1 aliphatic heterocycles. The van der Waals surface area contributed by atoms with E-state index in [1.807, 2.05) is 32.0 Å².